The molecule has 0 aliphatic heterocycles. The van der Waals surface area contributed by atoms with Gasteiger partial charge in [-0.25, -0.2) is 4.39 Å². The monoisotopic (exact) mass is 408 g/mol. The van der Waals surface area contributed by atoms with E-state index < -0.39 is 0 Å². The van der Waals surface area contributed by atoms with Crippen molar-refractivity contribution in [2.24, 2.45) is 0 Å². The second-order valence-corrected chi connectivity index (χ2v) is 6.24. The van der Waals surface area contributed by atoms with Crippen LogP contribution in [-0.2, 0) is 9.53 Å². The van der Waals surface area contributed by atoms with E-state index in [2.05, 4.69) is 0 Å². The summed E-state index contributed by atoms with van der Waals surface area (Å²) < 4.78 is 19.8. The molecule has 0 radical (unpaired) electrons. The highest BCUT2D eigenvalue weighted by Gasteiger charge is 2.18. The number of likely N-dealkylation sites (N-methyl/N-ethyl adjacent to an activating group) is 1. The molecule has 0 unspecified atom stereocenters. The summed E-state index contributed by atoms with van der Waals surface area (Å²) in [5.74, 6) is 0.140. The number of alkyl halides is 1. The van der Waals surface area contributed by atoms with Crippen molar-refractivity contribution in [1.29, 1.82) is 0 Å². The highest BCUT2D eigenvalue weighted by Crippen LogP contribution is 2.27. The summed E-state index contributed by atoms with van der Waals surface area (Å²) in [6.07, 6.45) is 4.85. The van der Waals surface area contributed by atoms with E-state index >= 15 is 0 Å². The maximum atomic E-state index is 14.5. The van der Waals surface area contributed by atoms with Crippen molar-refractivity contribution in [3.05, 3.63) is 34.5 Å². The normalized spacial score (nSPS) is 19.1. The standard InChI is InChI=1S/C17H25Cl2FN2O2.C2H6/c1-4-9-22(11-10-21(2)17(23)12-18)15-7-8-16(24-3)13(19)5-6-14(15)20;1-2/h6-7H,4-5,8-12H2,1-3H3;1-2H3/b14-6?,15-7+,16-13-;. The highest BCUT2D eigenvalue weighted by atomic mass is 35.5. The Kier molecular flexibility index (Phi) is 13.3. The predicted molar refractivity (Wildman–Crippen MR) is 108 cm³/mol. The van der Waals surface area contributed by atoms with E-state index in [1.165, 1.54) is 6.08 Å². The largest absolute Gasteiger partial charge is 0.500 e. The van der Waals surface area contributed by atoms with E-state index in [1.807, 2.05) is 25.7 Å². The molecule has 1 aliphatic rings. The quantitative estimate of drug-likeness (QED) is 0.526. The summed E-state index contributed by atoms with van der Waals surface area (Å²) in [6.45, 7) is 7.72. The lowest BCUT2D eigenvalue weighted by atomic mass is 10.1. The van der Waals surface area contributed by atoms with Crippen molar-refractivity contribution in [3.63, 3.8) is 0 Å². The van der Waals surface area contributed by atoms with Crippen LogP contribution in [0.1, 0.15) is 40.0 Å². The van der Waals surface area contributed by atoms with Gasteiger partial charge in [0.1, 0.15) is 17.5 Å². The molecule has 1 rings (SSSR count). The first-order chi connectivity index (χ1) is 12.4. The van der Waals surface area contributed by atoms with Gasteiger partial charge in [0.05, 0.1) is 17.8 Å². The van der Waals surface area contributed by atoms with Crippen molar-refractivity contribution in [2.45, 2.75) is 40.0 Å². The van der Waals surface area contributed by atoms with Gasteiger partial charge in [0.2, 0.25) is 5.91 Å². The molecule has 1 aliphatic carbocycles. The first-order valence-corrected chi connectivity index (χ1v) is 9.88. The second kappa shape index (κ2) is 13.9. The lowest BCUT2D eigenvalue weighted by molar-refractivity contribution is -0.127. The van der Waals surface area contributed by atoms with Crippen LogP contribution < -0.4 is 0 Å². The lowest BCUT2D eigenvalue weighted by Gasteiger charge is -2.29. The Balaban J connectivity index is 0.00000301. The number of methoxy groups -OCH3 is 1. The fraction of sp³-hybridized carbons (Fsp3) is 0.632. The minimum Gasteiger partial charge on any atom is -0.500 e. The number of carbonyl (C=O) groups is 1. The van der Waals surface area contributed by atoms with E-state index in [1.54, 1.807) is 25.1 Å². The number of hydrogen-bond donors (Lipinski definition) is 0. The zero-order valence-electron chi connectivity index (χ0n) is 16.4. The molecule has 0 atom stereocenters. The number of hydrogen-bond acceptors (Lipinski definition) is 3. The molecule has 0 bridgehead atoms. The van der Waals surface area contributed by atoms with E-state index in [0.29, 0.717) is 49.0 Å². The van der Waals surface area contributed by atoms with E-state index in [9.17, 15) is 9.18 Å². The minimum absolute atomic E-state index is 0.0538. The third kappa shape index (κ3) is 8.00. The van der Waals surface area contributed by atoms with Crippen LogP contribution in [0.5, 0.6) is 0 Å². The summed E-state index contributed by atoms with van der Waals surface area (Å²) in [7, 11) is 3.25. The Hall–Kier alpha value is -1.20. The van der Waals surface area contributed by atoms with Crippen molar-refractivity contribution < 1.29 is 13.9 Å². The van der Waals surface area contributed by atoms with Crippen LogP contribution in [0.4, 0.5) is 4.39 Å². The van der Waals surface area contributed by atoms with Crippen LogP contribution in [0, 0.1) is 0 Å². The van der Waals surface area contributed by atoms with Gasteiger partial charge in [0.15, 0.2) is 0 Å². The van der Waals surface area contributed by atoms with E-state index in [4.69, 9.17) is 27.9 Å². The molecule has 0 aromatic rings. The summed E-state index contributed by atoms with van der Waals surface area (Å²) in [4.78, 5) is 15.1. The van der Waals surface area contributed by atoms with Gasteiger partial charge in [-0.3, -0.25) is 4.79 Å². The maximum absolute atomic E-state index is 14.5. The number of allylic oxidation sites excluding steroid dienone is 4. The molecule has 7 heteroatoms. The summed E-state index contributed by atoms with van der Waals surface area (Å²) in [5, 5.41) is 0.512. The molecule has 0 N–H and O–H groups in total. The Morgan fingerprint density at radius 1 is 1.23 bits per heavy atom. The van der Waals surface area contributed by atoms with Crippen molar-refractivity contribution in [2.75, 3.05) is 39.7 Å². The molecule has 1 amide bonds. The Bertz CT molecular complexity index is 534. The minimum atomic E-state index is -0.303. The van der Waals surface area contributed by atoms with Crippen LogP contribution in [-0.4, -0.2) is 55.4 Å². The van der Waals surface area contributed by atoms with Gasteiger partial charge in [-0.2, -0.15) is 0 Å². The number of carbonyl (C=O) groups excluding carboxylic acids is 1. The van der Waals surface area contributed by atoms with Gasteiger partial charge >= 0.3 is 0 Å². The molecule has 0 fully saturated rings. The van der Waals surface area contributed by atoms with Crippen LogP contribution in [0.15, 0.2) is 34.5 Å². The Morgan fingerprint density at radius 3 is 2.42 bits per heavy atom. The van der Waals surface area contributed by atoms with E-state index in [0.717, 1.165) is 6.42 Å². The average Bonchev–Trinajstić information content (AvgIpc) is 2.66. The molecular weight excluding hydrogens is 378 g/mol. The Labute approximate surface area is 167 Å². The van der Waals surface area contributed by atoms with Crippen molar-refractivity contribution >= 4 is 29.1 Å². The molecular formula is C19H31Cl2FN2O2. The van der Waals surface area contributed by atoms with Gasteiger partial charge in [0.25, 0.3) is 0 Å². The molecule has 0 heterocycles. The molecule has 4 nitrogen and oxygen atoms in total. The molecule has 0 saturated heterocycles. The average molecular weight is 409 g/mol. The molecule has 0 aromatic carbocycles. The SMILES string of the molecule is CC.CCCN(CCN(C)C(=O)CCl)/C1=C/C/C(OC)=C(/Cl)CC=C1F. The predicted octanol–water partition coefficient (Wildman–Crippen LogP) is 5.05. The molecule has 150 valence electrons. The number of ether oxygens (including phenoxy) is 1. The van der Waals surface area contributed by atoms with Crippen molar-refractivity contribution in [1.82, 2.24) is 9.80 Å². The highest BCUT2D eigenvalue weighted by molar-refractivity contribution is 6.30. The van der Waals surface area contributed by atoms with Gasteiger partial charge in [-0.15, -0.1) is 11.6 Å². The number of rotatable bonds is 8. The second-order valence-electron chi connectivity index (χ2n) is 5.52. The molecule has 26 heavy (non-hydrogen) atoms. The number of halogens is 3. The van der Waals surface area contributed by atoms with Crippen LogP contribution in [0.3, 0.4) is 0 Å². The zero-order valence-corrected chi connectivity index (χ0v) is 18.0. The van der Waals surface area contributed by atoms with Gasteiger partial charge in [0, 0.05) is 39.5 Å². The first-order valence-electron chi connectivity index (χ1n) is 8.97. The van der Waals surface area contributed by atoms with Crippen LogP contribution in [0.25, 0.3) is 0 Å². The summed E-state index contributed by atoms with van der Waals surface area (Å²) >= 11 is 11.7. The van der Waals surface area contributed by atoms with Crippen LogP contribution >= 0.6 is 23.2 Å². The third-order valence-electron chi connectivity index (χ3n) is 3.81. The van der Waals surface area contributed by atoms with Gasteiger partial charge in [-0.05, 0) is 12.5 Å². The third-order valence-corrected chi connectivity index (χ3v) is 4.41. The van der Waals surface area contributed by atoms with E-state index in [-0.39, 0.29) is 17.6 Å². The Morgan fingerprint density at radius 2 is 1.88 bits per heavy atom. The molecule has 0 aromatic heterocycles. The maximum Gasteiger partial charge on any atom is 0.237 e. The van der Waals surface area contributed by atoms with Crippen molar-refractivity contribution in [3.8, 4) is 0 Å². The zero-order chi connectivity index (χ0) is 20.1. The lowest BCUT2D eigenvalue weighted by Crippen LogP contribution is -2.37. The smallest absolute Gasteiger partial charge is 0.237 e. The fourth-order valence-corrected chi connectivity index (χ4v) is 2.83. The van der Waals surface area contributed by atoms with Gasteiger partial charge < -0.3 is 14.5 Å². The topological polar surface area (TPSA) is 32.8 Å². The summed E-state index contributed by atoms with van der Waals surface area (Å²) in [6, 6.07) is 0. The molecule has 0 saturated carbocycles. The van der Waals surface area contributed by atoms with Gasteiger partial charge in [-0.1, -0.05) is 38.4 Å². The number of nitrogens with zero attached hydrogens (tertiary/aromatic N) is 2. The fourth-order valence-electron chi connectivity index (χ4n) is 2.39. The number of amides is 1. The molecule has 0 spiro atoms. The van der Waals surface area contributed by atoms with Crippen LogP contribution in [0.2, 0.25) is 0 Å². The summed E-state index contributed by atoms with van der Waals surface area (Å²) in [5.41, 5.74) is 0.516. The first kappa shape index (κ1) is 24.8.